The average molecular weight is 439 g/mol. The highest BCUT2D eigenvalue weighted by Crippen LogP contribution is 2.24. The van der Waals surface area contributed by atoms with Crippen molar-refractivity contribution in [1.29, 1.82) is 0 Å². The van der Waals surface area contributed by atoms with Crippen LogP contribution in [0.5, 0.6) is 5.75 Å². The third-order valence-corrected chi connectivity index (χ3v) is 4.78. The third-order valence-electron chi connectivity index (χ3n) is 4.78. The van der Waals surface area contributed by atoms with E-state index in [0.717, 1.165) is 0 Å². The van der Waals surface area contributed by atoms with Gasteiger partial charge in [0.15, 0.2) is 0 Å². The zero-order valence-corrected chi connectivity index (χ0v) is 17.7. The Kier molecular flexibility index (Phi) is 7.82. The van der Waals surface area contributed by atoms with Crippen molar-refractivity contribution in [2.24, 2.45) is 0 Å². The number of amides is 2. The van der Waals surface area contributed by atoms with Gasteiger partial charge in [-0.25, -0.2) is 4.79 Å². The number of para-hydroxylation sites is 2. The molecule has 0 saturated heterocycles. The second-order valence-corrected chi connectivity index (χ2v) is 6.88. The number of nitrogens with one attached hydrogen (secondary N) is 2. The summed E-state index contributed by atoms with van der Waals surface area (Å²) in [4.78, 5) is 39.0. The van der Waals surface area contributed by atoms with E-state index >= 15 is 0 Å². The van der Waals surface area contributed by atoms with Gasteiger partial charge in [-0.15, -0.1) is 0 Å². The van der Waals surface area contributed by atoms with Crippen LogP contribution >= 0.6 is 0 Å². The molecule has 32 heavy (non-hydrogen) atoms. The number of hydrogen-bond donors (Lipinski definition) is 3. The molecule has 3 N–H and O–H groups in total. The Hall–Kier alpha value is -3.85. The molecule has 0 aliphatic carbocycles. The molecule has 2 aromatic rings. The highest BCUT2D eigenvalue weighted by molar-refractivity contribution is 6.09. The van der Waals surface area contributed by atoms with E-state index in [4.69, 9.17) is 9.47 Å². The third kappa shape index (κ3) is 5.44. The quantitative estimate of drug-likeness (QED) is 0.376. The molecular weight excluding hydrogens is 414 g/mol. The van der Waals surface area contributed by atoms with Crippen LogP contribution in [-0.2, 0) is 14.3 Å². The number of esters is 1. The predicted octanol–water partition coefficient (Wildman–Crippen LogP) is 1.17. The SMILES string of the molecule is COC(=O)C1=C(Nc2ccccc2C(=O)NCCOc2ccccc2)C(=O)N(CCO)C1. The van der Waals surface area contributed by atoms with Gasteiger partial charge in [-0.05, 0) is 24.3 Å². The van der Waals surface area contributed by atoms with Crippen molar-refractivity contribution in [3.05, 3.63) is 71.4 Å². The van der Waals surface area contributed by atoms with Crippen LogP contribution in [0.25, 0.3) is 0 Å². The van der Waals surface area contributed by atoms with E-state index < -0.39 is 11.9 Å². The summed E-state index contributed by atoms with van der Waals surface area (Å²) in [7, 11) is 1.23. The Morgan fingerprint density at radius 2 is 1.81 bits per heavy atom. The molecule has 2 aromatic carbocycles. The van der Waals surface area contributed by atoms with Crippen molar-refractivity contribution in [2.45, 2.75) is 0 Å². The first-order valence-corrected chi connectivity index (χ1v) is 10.1. The normalized spacial score (nSPS) is 13.2. The summed E-state index contributed by atoms with van der Waals surface area (Å²) < 4.78 is 10.4. The number of anilines is 1. The average Bonchev–Trinajstić information content (AvgIpc) is 3.12. The van der Waals surface area contributed by atoms with E-state index in [-0.39, 0.29) is 50.0 Å². The van der Waals surface area contributed by atoms with Gasteiger partial charge in [-0.3, -0.25) is 9.59 Å². The van der Waals surface area contributed by atoms with Gasteiger partial charge >= 0.3 is 5.97 Å². The lowest BCUT2D eigenvalue weighted by Crippen LogP contribution is -2.32. The number of carbonyl (C=O) groups excluding carboxylic acids is 3. The lowest BCUT2D eigenvalue weighted by atomic mass is 10.1. The number of aliphatic hydroxyl groups is 1. The molecule has 9 nitrogen and oxygen atoms in total. The van der Waals surface area contributed by atoms with Crippen molar-refractivity contribution in [2.75, 3.05) is 45.3 Å². The molecule has 0 fully saturated rings. The molecule has 0 spiro atoms. The van der Waals surface area contributed by atoms with Gasteiger partial charge in [-0.2, -0.15) is 0 Å². The first-order valence-electron chi connectivity index (χ1n) is 10.1. The van der Waals surface area contributed by atoms with E-state index in [1.54, 1.807) is 24.3 Å². The summed E-state index contributed by atoms with van der Waals surface area (Å²) in [5.74, 6) is -0.756. The minimum atomic E-state index is -0.652. The number of aliphatic hydroxyl groups excluding tert-OH is 1. The first kappa shape index (κ1) is 22.8. The topological polar surface area (TPSA) is 117 Å². The number of ether oxygens (including phenoxy) is 2. The number of benzene rings is 2. The summed E-state index contributed by atoms with van der Waals surface area (Å²) in [6.07, 6.45) is 0. The molecule has 2 amide bonds. The summed E-state index contributed by atoms with van der Waals surface area (Å²) in [6.45, 7) is 0.421. The lowest BCUT2D eigenvalue weighted by molar-refractivity contribution is -0.136. The zero-order chi connectivity index (χ0) is 22.9. The molecule has 0 unspecified atom stereocenters. The number of nitrogens with zero attached hydrogens (tertiary/aromatic N) is 1. The second kappa shape index (κ2) is 11.0. The van der Waals surface area contributed by atoms with Gasteiger partial charge in [-0.1, -0.05) is 30.3 Å². The van der Waals surface area contributed by atoms with Gasteiger partial charge in [0.25, 0.3) is 11.8 Å². The fourth-order valence-electron chi connectivity index (χ4n) is 3.22. The molecule has 168 valence electrons. The number of methoxy groups -OCH3 is 1. The van der Waals surface area contributed by atoms with Crippen LogP contribution in [0.3, 0.4) is 0 Å². The van der Waals surface area contributed by atoms with Gasteiger partial charge in [0, 0.05) is 6.54 Å². The summed E-state index contributed by atoms with van der Waals surface area (Å²) in [6, 6.07) is 15.9. The molecule has 0 saturated carbocycles. The number of β-amino-alcohol motifs (C(OH)–C–C–N with tert-alkyl or cyclic N) is 1. The van der Waals surface area contributed by atoms with Gasteiger partial charge in [0.2, 0.25) is 0 Å². The van der Waals surface area contributed by atoms with Crippen molar-refractivity contribution >= 4 is 23.5 Å². The van der Waals surface area contributed by atoms with Crippen LogP contribution in [0.4, 0.5) is 5.69 Å². The summed E-state index contributed by atoms with van der Waals surface area (Å²) in [5, 5.41) is 14.9. The number of rotatable bonds is 10. The zero-order valence-electron chi connectivity index (χ0n) is 17.7. The Bertz CT molecular complexity index is 1010. The van der Waals surface area contributed by atoms with E-state index in [0.29, 0.717) is 17.0 Å². The van der Waals surface area contributed by atoms with Gasteiger partial charge in [0.05, 0.1) is 43.6 Å². The first-order chi connectivity index (χ1) is 15.5. The van der Waals surface area contributed by atoms with Gasteiger partial charge in [0.1, 0.15) is 18.1 Å². The summed E-state index contributed by atoms with van der Waals surface area (Å²) >= 11 is 0. The number of carbonyl (C=O) groups is 3. The van der Waals surface area contributed by atoms with Crippen molar-refractivity contribution in [3.8, 4) is 5.75 Å². The molecule has 0 atom stereocenters. The largest absolute Gasteiger partial charge is 0.492 e. The van der Waals surface area contributed by atoms with Crippen LogP contribution in [0.2, 0.25) is 0 Å². The van der Waals surface area contributed by atoms with Crippen LogP contribution in [-0.4, -0.2) is 67.7 Å². The molecule has 0 radical (unpaired) electrons. The minimum Gasteiger partial charge on any atom is -0.492 e. The maximum Gasteiger partial charge on any atom is 0.337 e. The smallest absolute Gasteiger partial charge is 0.337 e. The molecule has 1 aliphatic heterocycles. The molecule has 3 rings (SSSR count). The van der Waals surface area contributed by atoms with E-state index in [1.807, 2.05) is 30.3 Å². The molecule has 9 heteroatoms. The van der Waals surface area contributed by atoms with Crippen LogP contribution in [0.1, 0.15) is 10.4 Å². The van der Waals surface area contributed by atoms with E-state index in [2.05, 4.69) is 10.6 Å². The lowest BCUT2D eigenvalue weighted by Gasteiger charge is -2.16. The standard InChI is InChI=1S/C23H25N3O6/c1-31-23(30)18-15-26(12-13-27)22(29)20(18)25-19-10-6-5-9-17(19)21(28)24-11-14-32-16-7-3-2-4-8-16/h2-10,25,27H,11-15H2,1H3,(H,24,28). The van der Waals surface area contributed by atoms with Crippen LogP contribution < -0.4 is 15.4 Å². The highest BCUT2D eigenvalue weighted by atomic mass is 16.5. The van der Waals surface area contributed by atoms with E-state index in [1.165, 1.54) is 12.0 Å². The maximum atomic E-state index is 12.7. The fourth-order valence-corrected chi connectivity index (χ4v) is 3.22. The number of hydrogen-bond acceptors (Lipinski definition) is 7. The molecule has 0 aromatic heterocycles. The maximum absolute atomic E-state index is 12.7. The Morgan fingerprint density at radius 3 is 2.53 bits per heavy atom. The molecule has 0 bridgehead atoms. The molecular formula is C23H25N3O6. The molecule has 1 heterocycles. The Labute approximate surface area is 185 Å². The van der Waals surface area contributed by atoms with Gasteiger partial charge < -0.3 is 30.1 Å². The minimum absolute atomic E-state index is 0.0135. The Morgan fingerprint density at radius 1 is 1.09 bits per heavy atom. The van der Waals surface area contributed by atoms with Crippen molar-refractivity contribution in [3.63, 3.8) is 0 Å². The van der Waals surface area contributed by atoms with Crippen molar-refractivity contribution in [1.82, 2.24) is 10.2 Å². The predicted molar refractivity (Wildman–Crippen MR) is 117 cm³/mol. The van der Waals surface area contributed by atoms with Crippen LogP contribution in [0, 0.1) is 0 Å². The summed E-state index contributed by atoms with van der Waals surface area (Å²) in [5.41, 5.74) is 0.831. The fraction of sp³-hybridized carbons (Fsp3) is 0.261. The highest BCUT2D eigenvalue weighted by Gasteiger charge is 2.34. The second-order valence-electron chi connectivity index (χ2n) is 6.88. The van der Waals surface area contributed by atoms with Crippen LogP contribution in [0.15, 0.2) is 65.9 Å². The molecule has 1 aliphatic rings. The monoisotopic (exact) mass is 439 g/mol. The van der Waals surface area contributed by atoms with E-state index in [9.17, 15) is 19.5 Å². The Balaban J connectivity index is 1.70. The van der Waals surface area contributed by atoms with Crippen molar-refractivity contribution < 1.29 is 29.0 Å².